The largest absolute Gasteiger partial charge is 0.508 e. The fourth-order valence-corrected chi connectivity index (χ4v) is 5.89. The maximum atomic E-state index is 13.1. The molecule has 3 heterocycles. The molecule has 0 bridgehead atoms. The van der Waals surface area contributed by atoms with E-state index in [4.69, 9.17) is 8.83 Å². The Morgan fingerprint density at radius 1 is 0.930 bits per heavy atom. The molecule has 0 saturated carbocycles. The lowest BCUT2D eigenvalue weighted by atomic mass is 9.96. The number of H-pyrrole nitrogens is 1. The van der Waals surface area contributed by atoms with Crippen LogP contribution in [0.4, 0.5) is 0 Å². The number of carboxylic acids is 1. The number of carboxylic acid groups (broad SMARTS) is 1. The minimum absolute atomic E-state index is 0.0187. The van der Waals surface area contributed by atoms with Crippen LogP contribution >= 0.6 is 0 Å². The Kier molecular flexibility index (Phi) is 7.01. The number of rotatable bonds is 8. The molecule has 0 aliphatic carbocycles. The van der Waals surface area contributed by atoms with Crippen LogP contribution in [0.2, 0.25) is 0 Å². The Bertz CT molecular complexity index is 2100. The Labute approximate surface area is 245 Å². The van der Waals surface area contributed by atoms with Crippen molar-refractivity contribution in [1.29, 1.82) is 0 Å². The van der Waals surface area contributed by atoms with Crippen molar-refractivity contribution in [2.75, 3.05) is 0 Å². The second kappa shape index (κ2) is 10.8. The van der Waals surface area contributed by atoms with Gasteiger partial charge < -0.3 is 29.3 Å². The summed E-state index contributed by atoms with van der Waals surface area (Å²) >= 11 is 0. The monoisotopic (exact) mass is 578 g/mol. The summed E-state index contributed by atoms with van der Waals surface area (Å²) in [5.41, 5.74) is 5.72. The minimum atomic E-state index is -1.19. The Morgan fingerprint density at radius 3 is 2.42 bits per heavy atom. The predicted molar refractivity (Wildman–Crippen MR) is 163 cm³/mol. The number of aryl methyl sites for hydroxylation is 3. The van der Waals surface area contributed by atoms with Crippen molar-refractivity contribution in [3.8, 4) is 16.9 Å². The second-order valence-electron chi connectivity index (χ2n) is 10.9. The molecule has 3 aromatic heterocycles. The highest BCUT2D eigenvalue weighted by molar-refractivity contribution is 6.05. The van der Waals surface area contributed by atoms with E-state index in [0.29, 0.717) is 33.2 Å². The molecular weight excluding hydrogens is 548 g/mol. The summed E-state index contributed by atoms with van der Waals surface area (Å²) in [4.78, 5) is 41.1. The third kappa shape index (κ3) is 5.03. The first kappa shape index (κ1) is 27.8. The van der Waals surface area contributed by atoms with E-state index < -0.39 is 23.5 Å². The lowest BCUT2D eigenvalue weighted by molar-refractivity contribution is -0.141. The first-order valence-corrected chi connectivity index (χ1v) is 14.0. The van der Waals surface area contributed by atoms with Gasteiger partial charge in [-0.1, -0.05) is 30.3 Å². The van der Waals surface area contributed by atoms with Gasteiger partial charge in [0.1, 0.15) is 28.7 Å². The molecular formula is C34H30N2O7. The first-order chi connectivity index (χ1) is 20.6. The van der Waals surface area contributed by atoms with Gasteiger partial charge in [0.05, 0.1) is 0 Å². The number of hydrogen-bond acceptors (Lipinski definition) is 6. The standard InChI is InChI=1S/C34H30N2O7/c1-17-23(10-12-29(38)36-28(33(39)40)13-21-16-35-27-11-9-22(37)14-25(21)27)34(41)43-31-18(2)32-26(15-24(17)31)30(19(3)42-32)20-7-5-4-6-8-20/h4-9,11,14-16,28,35,37H,10,12-13H2,1-3H3,(H,36,38)(H,39,40). The van der Waals surface area contributed by atoms with Crippen LogP contribution in [0.3, 0.4) is 0 Å². The zero-order chi connectivity index (χ0) is 30.4. The molecule has 0 aliphatic heterocycles. The summed E-state index contributed by atoms with van der Waals surface area (Å²) in [5, 5.41) is 24.6. The number of benzene rings is 3. The number of nitrogens with one attached hydrogen (secondary N) is 2. The SMILES string of the molecule is Cc1oc2c(C)c3oc(=O)c(CCC(=O)NC(Cc4c[nH]c5ccc(O)cc45)C(=O)O)c(C)c3cc2c1-c1ccccc1. The van der Waals surface area contributed by atoms with Gasteiger partial charge in [-0.2, -0.15) is 0 Å². The number of phenols is 1. The predicted octanol–water partition coefficient (Wildman–Crippen LogP) is 6.06. The van der Waals surface area contributed by atoms with E-state index >= 15 is 0 Å². The molecule has 1 atom stereocenters. The summed E-state index contributed by atoms with van der Waals surface area (Å²) < 4.78 is 11.9. The number of hydrogen-bond donors (Lipinski definition) is 4. The number of aromatic amines is 1. The van der Waals surface area contributed by atoms with Gasteiger partial charge in [0.2, 0.25) is 5.91 Å². The van der Waals surface area contributed by atoms with Crippen LogP contribution in [0.25, 0.3) is 44.0 Å². The number of aliphatic carboxylic acids is 1. The van der Waals surface area contributed by atoms with Gasteiger partial charge in [0.15, 0.2) is 0 Å². The van der Waals surface area contributed by atoms with Crippen molar-refractivity contribution in [2.24, 2.45) is 0 Å². The number of aromatic nitrogens is 1. The number of carbonyl (C=O) groups is 2. The highest BCUT2D eigenvalue weighted by atomic mass is 16.4. The zero-order valence-electron chi connectivity index (χ0n) is 23.9. The van der Waals surface area contributed by atoms with E-state index in [-0.39, 0.29) is 25.0 Å². The smallest absolute Gasteiger partial charge is 0.339 e. The normalized spacial score (nSPS) is 12.3. The molecule has 6 rings (SSSR count). The summed E-state index contributed by atoms with van der Waals surface area (Å²) in [6.45, 7) is 5.60. The number of fused-ring (bicyclic) bond motifs is 3. The molecule has 0 spiro atoms. The first-order valence-electron chi connectivity index (χ1n) is 14.0. The average molecular weight is 579 g/mol. The van der Waals surface area contributed by atoms with Crippen molar-refractivity contribution in [2.45, 2.75) is 46.1 Å². The number of phenolic OH excluding ortho intramolecular Hbond substituents is 1. The number of furan rings is 1. The van der Waals surface area contributed by atoms with E-state index in [2.05, 4.69) is 10.3 Å². The second-order valence-corrected chi connectivity index (χ2v) is 10.9. The van der Waals surface area contributed by atoms with Gasteiger partial charge in [-0.05, 0) is 68.1 Å². The fourth-order valence-electron chi connectivity index (χ4n) is 5.89. The molecule has 0 aliphatic rings. The van der Waals surface area contributed by atoms with E-state index in [0.717, 1.165) is 38.7 Å². The van der Waals surface area contributed by atoms with Crippen LogP contribution < -0.4 is 10.9 Å². The van der Waals surface area contributed by atoms with E-state index in [1.54, 1.807) is 18.3 Å². The van der Waals surface area contributed by atoms with Gasteiger partial charge >= 0.3 is 11.6 Å². The molecule has 9 nitrogen and oxygen atoms in total. The molecule has 6 aromatic rings. The molecule has 0 radical (unpaired) electrons. The maximum absolute atomic E-state index is 13.1. The number of amides is 1. The van der Waals surface area contributed by atoms with Crippen molar-refractivity contribution >= 4 is 44.7 Å². The molecule has 1 amide bonds. The van der Waals surface area contributed by atoms with E-state index in [9.17, 15) is 24.6 Å². The van der Waals surface area contributed by atoms with Crippen LogP contribution in [-0.2, 0) is 22.4 Å². The van der Waals surface area contributed by atoms with E-state index in [1.807, 2.05) is 57.2 Å². The molecule has 9 heteroatoms. The Hall–Kier alpha value is -5.31. The van der Waals surface area contributed by atoms with Gasteiger partial charge in [-0.3, -0.25) is 4.79 Å². The Balaban J connectivity index is 1.27. The quantitative estimate of drug-likeness (QED) is 0.161. The average Bonchev–Trinajstić information content (AvgIpc) is 3.53. The highest BCUT2D eigenvalue weighted by Crippen LogP contribution is 2.39. The summed E-state index contributed by atoms with van der Waals surface area (Å²) in [6, 6.07) is 15.5. The summed E-state index contributed by atoms with van der Waals surface area (Å²) in [7, 11) is 0. The van der Waals surface area contributed by atoms with Crippen LogP contribution in [0.1, 0.15) is 34.4 Å². The molecule has 0 saturated heterocycles. The van der Waals surface area contributed by atoms with Gasteiger partial charge in [-0.15, -0.1) is 0 Å². The van der Waals surface area contributed by atoms with Crippen LogP contribution in [0.15, 0.2) is 74.4 Å². The molecule has 218 valence electrons. The molecule has 0 fully saturated rings. The number of aromatic hydroxyl groups is 1. The molecule has 43 heavy (non-hydrogen) atoms. The highest BCUT2D eigenvalue weighted by Gasteiger charge is 2.24. The van der Waals surface area contributed by atoms with Gasteiger partial charge in [0.25, 0.3) is 0 Å². The molecule has 1 unspecified atom stereocenters. The van der Waals surface area contributed by atoms with Crippen molar-refractivity contribution < 1.29 is 28.6 Å². The minimum Gasteiger partial charge on any atom is -0.508 e. The Morgan fingerprint density at radius 2 is 1.67 bits per heavy atom. The lowest BCUT2D eigenvalue weighted by Gasteiger charge is -2.15. The van der Waals surface area contributed by atoms with Gasteiger partial charge in [0, 0.05) is 57.4 Å². The van der Waals surface area contributed by atoms with Crippen molar-refractivity contribution in [3.63, 3.8) is 0 Å². The maximum Gasteiger partial charge on any atom is 0.339 e. The van der Waals surface area contributed by atoms with Crippen LogP contribution in [0, 0.1) is 20.8 Å². The fraction of sp³-hybridized carbons (Fsp3) is 0.206. The van der Waals surface area contributed by atoms with Crippen molar-refractivity contribution in [3.05, 3.63) is 99.2 Å². The summed E-state index contributed by atoms with van der Waals surface area (Å²) in [6.07, 6.45) is 1.66. The zero-order valence-corrected chi connectivity index (χ0v) is 23.9. The van der Waals surface area contributed by atoms with Gasteiger partial charge in [-0.25, -0.2) is 9.59 Å². The third-order valence-electron chi connectivity index (χ3n) is 8.11. The van der Waals surface area contributed by atoms with Crippen molar-refractivity contribution in [1.82, 2.24) is 10.3 Å². The number of carbonyl (C=O) groups excluding carboxylic acids is 1. The molecule has 4 N–H and O–H groups in total. The molecule has 3 aromatic carbocycles. The topological polar surface area (TPSA) is 146 Å². The lowest BCUT2D eigenvalue weighted by Crippen LogP contribution is -2.42. The van der Waals surface area contributed by atoms with E-state index in [1.165, 1.54) is 6.07 Å². The summed E-state index contributed by atoms with van der Waals surface area (Å²) in [5.74, 6) is -0.872. The van der Waals surface area contributed by atoms with Crippen LogP contribution in [-0.4, -0.2) is 33.1 Å². The third-order valence-corrected chi connectivity index (χ3v) is 8.11. The van der Waals surface area contributed by atoms with Crippen LogP contribution in [0.5, 0.6) is 5.75 Å².